The molecule has 1 atom stereocenters. The Morgan fingerprint density at radius 1 is 1.68 bits per heavy atom. The molecule has 2 rings (SSSR count). The van der Waals surface area contributed by atoms with E-state index in [1.54, 1.807) is 24.2 Å². The predicted molar refractivity (Wildman–Crippen MR) is 72.0 cm³/mol. The van der Waals surface area contributed by atoms with Gasteiger partial charge in [-0.3, -0.25) is 4.79 Å². The number of nitrogens with zero attached hydrogens (tertiary/aromatic N) is 3. The molecule has 6 heteroatoms. The maximum Gasteiger partial charge on any atom is 0.272 e. The van der Waals surface area contributed by atoms with E-state index in [0.717, 1.165) is 19.5 Å². The number of carbonyl (C=O) groups is 1. The summed E-state index contributed by atoms with van der Waals surface area (Å²) in [7, 11) is 3.49. The third-order valence-electron chi connectivity index (χ3n) is 3.49. The molecule has 19 heavy (non-hydrogen) atoms. The number of amides is 1. The predicted octanol–water partition coefficient (Wildman–Crippen LogP) is 0.261. The first-order valence-corrected chi connectivity index (χ1v) is 6.70. The Kier molecular flexibility index (Phi) is 4.93. The highest BCUT2D eigenvalue weighted by Crippen LogP contribution is 2.10. The molecule has 1 fully saturated rings. The summed E-state index contributed by atoms with van der Waals surface area (Å²) in [5.74, 6) is 0.0192. The van der Waals surface area contributed by atoms with E-state index in [1.807, 2.05) is 11.9 Å². The van der Waals surface area contributed by atoms with Crippen molar-refractivity contribution in [2.75, 3.05) is 33.4 Å². The third kappa shape index (κ3) is 3.54. The summed E-state index contributed by atoms with van der Waals surface area (Å²) < 4.78 is 6.85. The van der Waals surface area contributed by atoms with Gasteiger partial charge < -0.3 is 19.5 Å². The Morgan fingerprint density at radius 2 is 2.53 bits per heavy atom. The van der Waals surface area contributed by atoms with Gasteiger partial charge in [0, 0.05) is 33.3 Å². The molecule has 0 bridgehead atoms. The molecule has 1 amide bonds. The van der Waals surface area contributed by atoms with Crippen LogP contribution in [0.3, 0.4) is 0 Å². The van der Waals surface area contributed by atoms with Gasteiger partial charge >= 0.3 is 0 Å². The SMILES string of the molecule is COCCN(CC1CCCN1)C(=O)c1cncn1C. The summed E-state index contributed by atoms with van der Waals surface area (Å²) in [6.45, 7) is 2.94. The molecule has 1 aliphatic rings. The summed E-state index contributed by atoms with van der Waals surface area (Å²) in [6.07, 6.45) is 5.57. The second-order valence-corrected chi connectivity index (χ2v) is 4.93. The number of imidazole rings is 1. The number of hydrogen-bond acceptors (Lipinski definition) is 4. The van der Waals surface area contributed by atoms with Crippen LogP contribution in [0, 0.1) is 0 Å². The smallest absolute Gasteiger partial charge is 0.272 e. The molecular weight excluding hydrogens is 244 g/mol. The van der Waals surface area contributed by atoms with Crippen LogP contribution in [0.5, 0.6) is 0 Å². The van der Waals surface area contributed by atoms with Crippen molar-refractivity contribution in [3.8, 4) is 0 Å². The normalized spacial score (nSPS) is 18.7. The summed E-state index contributed by atoms with van der Waals surface area (Å²) in [6, 6.07) is 0.397. The number of nitrogens with one attached hydrogen (secondary N) is 1. The minimum atomic E-state index is 0.0192. The van der Waals surface area contributed by atoms with Gasteiger partial charge in [0.2, 0.25) is 0 Å². The largest absolute Gasteiger partial charge is 0.383 e. The van der Waals surface area contributed by atoms with Crippen molar-refractivity contribution in [3.05, 3.63) is 18.2 Å². The Balaban J connectivity index is 2.03. The number of aryl methyl sites for hydroxylation is 1. The number of ether oxygens (including phenoxy) is 1. The van der Waals surface area contributed by atoms with Gasteiger partial charge in [0.15, 0.2) is 0 Å². The second kappa shape index (κ2) is 6.68. The summed E-state index contributed by atoms with van der Waals surface area (Å²) >= 11 is 0. The van der Waals surface area contributed by atoms with Crippen molar-refractivity contribution in [1.82, 2.24) is 19.8 Å². The first-order chi connectivity index (χ1) is 9.22. The van der Waals surface area contributed by atoms with E-state index in [-0.39, 0.29) is 5.91 Å². The van der Waals surface area contributed by atoms with Crippen LogP contribution in [0.1, 0.15) is 23.3 Å². The molecule has 1 saturated heterocycles. The number of aromatic nitrogens is 2. The minimum Gasteiger partial charge on any atom is -0.383 e. The Bertz CT molecular complexity index is 413. The second-order valence-electron chi connectivity index (χ2n) is 4.93. The lowest BCUT2D eigenvalue weighted by Gasteiger charge is -2.25. The fourth-order valence-corrected chi connectivity index (χ4v) is 2.38. The average molecular weight is 266 g/mol. The molecule has 106 valence electrons. The maximum atomic E-state index is 12.5. The molecule has 1 aromatic rings. The van der Waals surface area contributed by atoms with E-state index in [9.17, 15) is 4.79 Å². The first-order valence-electron chi connectivity index (χ1n) is 6.70. The summed E-state index contributed by atoms with van der Waals surface area (Å²) in [5, 5.41) is 3.42. The van der Waals surface area contributed by atoms with Gasteiger partial charge in [-0.15, -0.1) is 0 Å². The van der Waals surface area contributed by atoms with E-state index in [1.165, 1.54) is 6.42 Å². The van der Waals surface area contributed by atoms with E-state index in [2.05, 4.69) is 10.3 Å². The lowest BCUT2D eigenvalue weighted by Crippen LogP contribution is -2.43. The van der Waals surface area contributed by atoms with Crippen molar-refractivity contribution >= 4 is 5.91 Å². The van der Waals surface area contributed by atoms with Gasteiger partial charge in [-0.2, -0.15) is 0 Å². The van der Waals surface area contributed by atoms with E-state index < -0.39 is 0 Å². The Labute approximate surface area is 113 Å². The van der Waals surface area contributed by atoms with Crippen molar-refractivity contribution in [2.45, 2.75) is 18.9 Å². The molecule has 0 saturated carbocycles. The van der Waals surface area contributed by atoms with Crippen molar-refractivity contribution < 1.29 is 9.53 Å². The van der Waals surface area contributed by atoms with Gasteiger partial charge in [0.25, 0.3) is 5.91 Å². The Hall–Kier alpha value is -1.40. The van der Waals surface area contributed by atoms with Crippen molar-refractivity contribution in [1.29, 1.82) is 0 Å². The fourth-order valence-electron chi connectivity index (χ4n) is 2.38. The average Bonchev–Trinajstić information content (AvgIpc) is 3.05. The number of hydrogen-bond donors (Lipinski definition) is 1. The maximum absolute atomic E-state index is 12.5. The zero-order chi connectivity index (χ0) is 13.7. The molecule has 1 unspecified atom stereocenters. The zero-order valence-corrected chi connectivity index (χ0v) is 11.6. The molecule has 1 N–H and O–H groups in total. The van der Waals surface area contributed by atoms with Crippen molar-refractivity contribution in [2.24, 2.45) is 7.05 Å². The monoisotopic (exact) mass is 266 g/mol. The molecule has 6 nitrogen and oxygen atoms in total. The topological polar surface area (TPSA) is 59.4 Å². The summed E-state index contributed by atoms with van der Waals surface area (Å²) in [5.41, 5.74) is 0.620. The molecule has 0 aromatic carbocycles. The highest BCUT2D eigenvalue weighted by Gasteiger charge is 2.23. The van der Waals surface area contributed by atoms with E-state index in [4.69, 9.17) is 4.74 Å². The van der Waals surface area contributed by atoms with Crippen LogP contribution in [0.15, 0.2) is 12.5 Å². The zero-order valence-electron chi connectivity index (χ0n) is 11.6. The van der Waals surface area contributed by atoms with Gasteiger partial charge in [-0.05, 0) is 19.4 Å². The van der Waals surface area contributed by atoms with Gasteiger partial charge in [0.1, 0.15) is 5.69 Å². The number of methoxy groups -OCH3 is 1. The van der Waals surface area contributed by atoms with Gasteiger partial charge in [0.05, 0.1) is 19.1 Å². The highest BCUT2D eigenvalue weighted by atomic mass is 16.5. The van der Waals surface area contributed by atoms with Crippen LogP contribution in [0.2, 0.25) is 0 Å². The van der Waals surface area contributed by atoms with Gasteiger partial charge in [-0.1, -0.05) is 0 Å². The van der Waals surface area contributed by atoms with Gasteiger partial charge in [-0.25, -0.2) is 4.98 Å². The molecule has 2 heterocycles. The number of carbonyl (C=O) groups excluding carboxylic acids is 1. The quantitative estimate of drug-likeness (QED) is 0.802. The molecule has 1 aromatic heterocycles. The number of rotatable bonds is 6. The van der Waals surface area contributed by atoms with Crippen LogP contribution in [0.4, 0.5) is 0 Å². The van der Waals surface area contributed by atoms with Crippen LogP contribution in [-0.4, -0.2) is 59.8 Å². The molecular formula is C13H22N4O2. The third-order valence-corrected chi connectivity index (χ3v) is 3.49. The van der Waals surface area contributed by atoms with Crippen molar-refractivity contribution in [3.63, 3.8) is 0 Å². The standard InChI is InChI=1S/C13H22N4O2/c1-16-10-14-8-12(16)13(18)17(6-7-19-2)9-11-4-3-5-15-11/h8,10-11,15H,3-7,9H2,1-2H3. The summed E-state index contributed by atoms with van der Waals surface area (Å²) in [4.78, 5) is 18.4. The van der Waals surface area contributed by atoms with Crippen LogP contribution in [-0.2, 0) is 11.8 Å². The fraction of sp³-hybridized carbons (Fsp3) is 0.692. The molecule has 0 spiro atoms. The van der Waals surface area contributed by atoms with E-state index in [0.29, 0.717) is 24.9 Å². The highest BCUT2D eigenvalue weighted by molar-refractivity contribution is 5.92. The lowest BCUT2D eigenvalue weighted by molar-refractivity contribution is 0.0670. The lowest BCUT2D eigenvalue weighted by atomic mass is 10.2. The minimum absolute atomic E-state index is 0.0192. The van der Waals surface area contributed by atoms with Crippen LogP contribution < -0.4 is 5.32 Å². The van der Waals surface area contributed by atoms with Crippen LogP contribution >= 0.6 is 0 Å². The van der Waals surface area contributed by atoms with E-state index >= 15 is 0 Å². The molecule has 1 aliphatic heterocycles. The Morgan fingerprint density at radius 3 is 3.11 bits per heavy atom. The molecule has 0 aliphatic carbocycles. The van der Waals surface area contributed by atoms with Crippen LogP contribution in [0.25, 0.3) is 0 Å². The molecule has 0 radical (unpaired) electrons. The first kappa shape index (κ1) is 14.0.